The standard InChI is InChI=1S/C58H35NO/c1-2-11-36(12-3-1)37-25-27-38(28-26-37)39-31-33-43(34-32-39)59(51-23-10-21-49-44-16-4-5-24-53(44)60-58(49)51)52-35-42-15-8-19-46-45-17-6-13-40-29-30-41-14-7-18-47(55(41)54(40)45)48-20-9-22-50(52)57(48)56(42)46/h1-35H. The Morgan fingerprint density at radius 2 is 0.750 bits per heavy atom. The van der Waals surface area contributed by atoms with Crippen molar-refractivity contribution in [2.45, 2.75) is 0 Å². The predicted molar refractivity (Wildman–Crippen MR) is 255 cm³/mol. The lowest BCUT2D eigenvalue weighted by atomic mass is 9.87. The van der Waals surface area contributed by atoms with E-state index in [1.54, 1.807) is 0 Å². The third-order valence-corrected chi connectivity index (χ3v) is 12.8. The molecular formula is C58H35NO. The second-order valence-corrected chi connectivity index (χ2v) is 16.0. The highest BCUT2D eigenvalue weighted by molar-refractivity contribution is 6.38. The van der Waals surface area contributed by atoms with Crippen LogP contribution in [-0.2, 0) is 0 Å². The maximum atomic E-state index is 6.81. The molecule has 1 aromatic heterocycles. The molecule has 0 N–H and O–H groups in total. The smallest absolute Gasteiger partial charge is 0.159 e. The van der Waals surface area contributed by atoms with E-state index in [9.17, 15) is 0 Å². The Morgan fingerprint density at radius 1 is 0.283 bits per heavy atom. The summed E-state index contributed by atoms with van der Waals surface area (Å²) in [7, 11) is 0. The van der Waals surface area contributed by atoms with Gasteiger partial charge in [0.25, 0.3) is 0 Å². The minimum Gasteiger partial charge on any atom is -0.454 e. The van der Waals surface area contributed by atoms with Gasteiger partial charge in [0.2, 0.25) is 0 Å². The van der Waals surface area contributed by atoms with Crippen LogP contribution in [0.5, 0.6) is 0 Å². The Balaban J connectivity index is 1.11. The number of fused-ring (bicyclic) bond motifs is 5. The third-order valence-electron chi connectivity index (χ3n) is 12.8. The van der Waals surface area contributed by atoms with E-state index in [-0.39, 0.29) is 0 Å². The van der Waals surface area contributed by atoms with Crippen molar-refractivity contribution in [3.05, 3.63) is 212 Å². The SMILES string of the molecule is c1ccc(-c2ccc(-c3ccc(N(c4cc5cccc6c7cccc8ccc9cccc(c%10cccc4c%10c56)c9c87)c4cccc5c4oc4ccccc45)cc3)cc2)cc1. The molecule has 0 amide bonds. The molecule has 0 aliphatic carbocycles. The molecule has 0 radical (unpaired) electrons. The Hall–Kier alpha value is -7.94. The number of nitrogens with zero attached hydrogens (tertiary/aromatic N) is 1. The maximum Gasteiger partial charge on any atom is 0.159 e. The molecular weight excluding hydrogens is 727 g/mol. The lowest BCUT2D eigenvalue weighted by Crippen LogP contribution is -2.11. The van der Waals surface area contributed by atoms with Crippen LogP contribution in [0.1, 0.15) is 0 Å². The van der Waals surface area contributed by atoms with Crippen LogP contribution < -0.4 is 4.90 Å². The molecule has 0 unspecified atom stereocenters. The topological polar surface area (TPSA) is 16.4 Å². The highest BCUT2D eigenvalue weighted by Crippen LogP contribution is 2.50. The number of anilines is 3. The van der Waals surface area contributed by atoms with Gasteiger partial charge < -0.3 is 9.32 Å². The Labute approximate surface area is 346 Å². The molecule has 0 atom stereocenters. The first-order valence-corrected chi connectivity index (χ1v) is 20.7. The molecule has 2 heteroatoms. The van der Waals surface area contributed by atoms with Gasteiger partial charge in [0.15, 0.2) is 5.58 Å². The molecule has 13 rings (SSSR count). The van der Waals surface area contributed by atoms with E-state index in [0.717, 1.165) is 39.0 Å². The maximum absolute atomic E-state index is 6.81. The number of furan rings is 1. The summed E-state index contributed by atoms with van der Waals surface area (Å²) in [5.41, 5.74) is 9.67. The zero-order valence-corrected chi connectivity index (χ0v) is 32.6. The third kappa shape index (κ3) is 4.82. The van der Waals surface area contributed by atoms with Gasteiger partial charge >= 0.3 is 0 Å². The van der Waals surface area contributed by atoms with E-state index in [2.05, 4.69) is 211 Å². The number of hydrogen-bond acceptors (Lipinski definition) is 2. The summed E-state index contributed by atoms with van der Waals surface area (Å²) in [6, 6.07) is 77.6. The van der Waals surface area contributed by atoms with Gasteiger partial charge in [-0.3, -0.25) is 0 Å². The Bertz CT molecular complexity index is 3800. The van der Waals surface area contributed by atoms with Gasteiger partial charge in [-0.2, -0.15) is 0 Å². The Morgan fingerprint density at radius 3 is 1.42 bits per heavy atom. The summed E-state index contributed by atoms with van der Waals surface area (Å²) in [5.74, 6) is 0. The fourth-order valence-corrected chi connectivity index (χ4v) is 10.1. The monoisotopic (exact) mass is 761 g/mol. The molecule has 60 heavy (non-hydrogen) atoms. The molecule has 0 spiro atoms. The van der Waals surface area contributed by atoms with Gasteiger partial charge in [0.05, 0.1) is 11.4 Å². The molecule has 0 bridgehead atoms. The molecule has 0 saturated heterocycles. The largest absolute Gasteiger partial charge is 0.454 e. The quantitative estimate of drug-likeness (QED) is 0.162. The summed E-state index contributed by atoms with van der Waals surface area (Å²) in [6.45, 7) is 0. The predicted octanol–water partition coefficient (Wildman–Crippen LogP) is 16.7. The van der Waals surface area contributed by atoms with E-state index in [1.165, 1.54) is 86.9 Å². The lowest BCUT2D eigenvalue weighted by molar-refractivity contribution is 0.669. The van der Waals surface area contributed by atoms with Crippen molar-refractivity contribution in [1.82, 2.24) is 0 Å². The molecule has 0 aliphatic rings. The second kappa shape index (κ2) is 12.8. The zero-order valence-electron chi connectivity index (χ0n) is 32.6. The van der Waals surface area contributed by atoms with Crippen molar-refractivity contribution in [1.29, 1.82) is 0 Å². The van der Waals surface area contributed by atoms with Crippen LogP contribution in [0.2, 0.25) is 0 Å². The van der Waals surface area contributed by atoms with Crippen LogP contribution >= 0.6 is 0 Å². The molecule has 0 saturated carbocycles. The molecule has 0 fully saturated rings. The van der Waals surface area contributed by atoms with Gasteiger partial charge in [0.1, 0.15) is 5.58 Å². The number of benzene rings is 11. The highest BCUT2D eigenvalue weighted by atomic mass is 16.3. The summed E-state index contributed by atoms with van der Waals surface area (Å²) >= 11 is 0. The normalized spacial score (nSPS) is 12.0. The number of para-hydroxylation sites is 2. The molecule has 13 aromatic rings. The molecule has 278 valence electrons. The van der Waals surface area contributed by atoms with Crippen LogP contribution in [0.3, 0.4) is 0 Å². The summed E-state index contributed by atoms with van der Waals surface area (Å²) in [4.78, 5) is 2.42. The summed E-state index contributed by atoms with van der Waals surface area (Å²) in [6.07, 6.45) is 0. The van der Waals surface area contributed by atoms with Crippen LogP contribution in [0.4, 0.5) is 17.1 Å². The van der Waals surface area contributed by atoms with Gasteiger partial charge in [-0.25, -0.2) is 0 Å². The molecule has 0 aliphatic heterocycles. The summed E-state index contributed by atoms with van der Waals surface area (Å²) in [5, 5.41) is 17.3. The first kappa shape index (κ1) is 33.1. The minimum atomic E-state index is 0.865. The van der Waals surface area contributed by atoms with Gasteiger partial charge in [-0.15, -0.1) is 0 Å². The fraction of sp³-hybridized carbons (Fsp3) is 0. The second-order valence-electron chi connectivity index (χ2n) is 16.0. The van der Waals surface area contributed by atoms with E-state index in [1.807, 2.05) is 6.07 Å². The number of rotatable bonds is 5. The Kier molecular flexibility index (Phi) is 7.05. The van der Waals surface area contributed by atoms with E-state index < -0.39 is 0 Å². The number of hydrogen-bond donors (Lipinski definition) is 0. The van der Waals surface area contributed by atoms with Crippen LogP contribution in [0.15, 0.2) is 217 Å². The van der Waals surface area contributed by atoms with Crippen molar-refractivity contribution in [3.8, 4) is 22.3 Å². The van der Waals surface area contributed by atoms with Crippen LogP contribution in [0.25, 0.3) is 109 Å². The van der Waals surface area contributed by atoms with Crippen LogP contribution in [-0.4, -0.2) is 0 Å². The minimum absolute atomic E-state index is 0.865. The van der Waals surface area contributed by atoms with Gasteiger partial charge in [-0.1, -0.05) is 182 Å². The van der Waals surface area contributed by atoms with Crippen molar-refractivity contribution < 1.29 is 4.42 Å². The lowest BCUT2D eigenvalue weighted by Gasteiger charge is -2.28. The molecule has 2 nitrogen and oxygen atoms in total. The highest BCUT2D eigenvalue weighted by Gasteiger charge is 2.24. The fourth-order valence-electron chi connectivity index (χ4n) is 10.1. The van der Waals surface area contributed by atoms with Crippen LogP contribution in [0, 0.1) is 0 Å². The first-order chi connectivity index (χ1) is 29.8. The summed E-state index contributed by atoms with van der Waals surface area (Å²) < 4.78 is 6.81. The average Bonchev–Trinajstić information content (AvgIpc) is 3.70. The first-order valence-electron chi connectivity index (χ1n) is 20.7. The average molecular weight is 762 g/mol. The van der Waals surface area contributed by atoms with Crippen molar-refractivity contribution in [2.24, 2.45) is 0 Å². The molecule has 12 aromatic carbocycles. The molecule has 1 heterocycles. The van der Waals surface area contributed by atoms with Gasteiger partial charge in [-0.05, 0) is 106 Å². The van der Waals surface area contributed by atoms with E-state index >= 15 is 0 Å². The van der Waals surface area contributed by atoms with Crippen molar-refractivity contribution in [3.63, 3.8) is 0 Å². The zero-order chi connectivity index (χ0) is 39.3. The van der Waals surface area contributed by atoms with Gasteiger partial charge in [0, 0.05) is 27.2 Å². The van der Waals surface area contributed by atoms with E-state index in [4.69, 9.17) is 4.42 Å². The van der Waals surface area contributed by atoms with E-state index in [0.29, 0.717) is 0 Å². The van der Waals surface area contributed by atoms with Crippen molar-refractivity contribution in [2.75, 3.05) is 4.90 Å². The van der Waals surface area contributed by atoms with Crippen molar-refractivity contribution >= 4 is 104 Å².